The maximum absolute atomic E-state index is 12.8. The first-order valence-electron chi connectivity index (χ1n) is 11.8. The molecule has 1 N–H and O–H groups in total. The second kappa shape index (κ2) is 11.3. The Balaban J connectivity index is 1.57. The van der Waals surface area contributed by atoms with Crippen molar-refractivity contribution >= 4 is 29.3 Å². The van der Waals surface area contributed by atoms with Gasteiger partial charge in [0.1, 0.15) is 5.75 Å². The third kappa shape index (κ3) is 5.58. The van der Waals surface area contributed by atoms with Crippen LogP contribution in [0.3, 0.4) is 0 Å². The first-order chi connectivity index (χ1) is 16.5. The lowest BCUT2D eigenvalue weighted by Gasteiger charge is -2.34. The minimum Gasteiger partial charge on any atom is -0.494 e. The van der Waals surface area contributed by atoms with Crippen LogP contribution in [0.15, 0.2) is 53.7 Å². The number of hydrogen-bond donors (Lipinski definition) is 1. The Labute approximate surface area is 210 Å². The molecule has 6 nitrogen and oxygen atoms in total. The molecule has 0 unspecified atom stereocenters. The largest absolute Gasteiger partial charge is 0.494 e. The van der Waals surface area contributed by atoms with E-state index in [9.17, 15) is 4.79 Å². The lowest BCUT2D eigenvalue weighted by Crippen LogP contribution is -2.44. The summed E-state index contributed by atoms with van der Waals surface area (Å²) in [5.41, 5.74) is 1.66. The van der Waals surface area contributed by atoms with Gasteiger partial charge in [-0.3, -0.25) is 9.36 Å². The van der Waals surface area contributed by atoms with E-state index in [-0.39, 0.29) is 17.7 Å². The van der Waals surface area contributed by atoms with Crippen LogP contribution in [-0.4, -0.2) is 39.1 Å². The standard InChI is InChI=1S/C26H31ClN4O2S/c1-4-33-20-14-12-19(13-15-20)31-25(21-9-5-6-10-22(21)27)29-30-26(31)34-16-24(32)28-23-11-7-8-17(2)18(23)3/h5-6,9-10,12-15,17-18,23H,4,7-8,11,16H2,1-3H3,(H,28,32)/t17-,18-,23+/m0/s1. The van der Waals surface area contributed by atoms with Crippen molar-refractivity contribution in [1.29, 1.82) is 0 Å². The van der Waals surface area contributed by atoms with Crippen LogP contribution >= 0.6 is 23.4 Å². The molecule has 2 aromatic carbocycles. The van der Waals surface area contributed by atoms with Crippen LogP contribution in [-0.2, 0) is 4.79 Å². The molecule has 8 heteroatoms. The maximum Gasteiger partial charge on any atom is 0.230 e. The number of amides is 1. The molecule has 1 fully saturated rings. The van der Waals surface area contributed by atoms with Crippen molar-refractivity contribution in [1.82, 2.24) is 20.1 Å². The van der Waals surface area contributed by atoms with Gasteiger partial charge in [-0.05, 0) is 61.6 Å². The molecule has 1 aliphatic carbocycles. The van der Waals surface area contributed by atoms with E-state index in [1.807, 2.05) is 60.0 Å². The fourth-order valence-corrected chi connectivity index (χ4v) is 5.42. The molecule has 180 valence electrons. The number of benzene rings is 2. The Morgan fingerprint density at radius 2 is 1.91 bits per heavy atom. The molecule has 0 saturated heterocycles. The minimum atomic E-state index is 0.0245. The van der Waals surface area contributed by atoms with Crippen molar-refractivity contribution in [3.63, 3.8) is 0 Å². The van der Waals surface area contributed by atoms with Crippen LogP contribution in [0.1, 0.15) is 40.0 Å². The Hall–Kier alpha value is -2.51. The van der Waals surface area contributed by atoms with Gasteiger partial charge < -0.3 is 10.1 Å². The SMILES string of the molecule is CCOc1ccc(-n2c(SCC(=O)N[C@@H]3CCC[C@H](C)[C@@H]3C)nnc2-c2ccccc2Cl)cc1. The minimum absolute atomic E-state index is 0.0245. The summed E-state index contributed by atoms with van der Waals surface area (Å²) >= 11 is 7.86. The summed E-state index contributed by atoms with van der Waals surface area (Å²) in [5, 5.41) is 13.3. The van der Waals surface area contributed by atoms with E-state index in [1.54, 1.807) is 0 Å². The Kier molecular flexibility index (Phi) is 8.16. The van der Waals surface area contributed by atoms with Gasteiger partial charge in [0.25, 0.3) is 0 Å². The molecule has 3 atom stereocenters. The quantitative estimate of drug-likeness (QED) is 0.384. The number of hydrogen-bond acceptors (Lipinski definition) is 5. The normalized spacial score (nSPS) is 20.2. The highest BCUT2D eigenvalue weighted by Gasteiger charge is 2.28. The second-order valence-corrected chi connectivity index (χ2v) is 10.1. The Morgan fingerprint density at radius 3 is 2.65 bits per heavy atom. The second-order valence-electron chi connectivity index (χ2n) is 8.78. The number of nitrogens with one attached hydrogen (secondary N) is 1. The number of halogens is 1. The van der Waals surface area contributed by atoms with Crippen molar-refractivity contribution in [3.05, 3.63) is 53.6 Å². The lowest BCUT2D eigenvalue weighted by molar-refractivity contribution is -0.120. The molecule has 0 spiro atoms. The fraction of sp³-hybridized carbons (Fsp3) is 0.423. The highest BCUT2D eigenvalue weighted by molar-refractivity contribution is 7.99. The fourth-order valence-electron chi connectivity index (χ4n) is 4.44. The molecular formula is C26H31ClN4O2S. The number of aromatic nitrogens is 3. The molecule has 1 amide bonds. The van der Waals surface area contributed by atoms with Crippen LogP contribution in [0.25, 0.3) is 17.1 Å². The Morgan fingerprint density at radius 1 is 1.15 bits per heavy atom. The predicted octanol–water partition coefficient (Wildman–Crippen LogP) is 6.02. The monoisotopic (exact) mass is 498 g/mol. The molecule has 1 heterocycles. The van der Waals surface area contributed by atoms with Crippen LogP contribution < -0.4 is 10.1 Å². The van der Waals surface area contributed by atoms with Crippen molar-refractivity contribution < 1.29 is 9.53 Å². The molecule has 3 aromatic rings. The summed E-state index contributed by atoms with van der Waals surface area (Å²) < 4.78 is 7.53. The molecular weight excluding hydrogens is 468 g/mol. The average Bonchev–Trinajstić information content (AvgIpc) is 3.25. The Bertz CT molecular complexity index is 1120. The molecule has 4 rings (SSSR count). The van der Waals surface area contributed by atoms with Crippen LogP contribution in [0.5, 0.6) is 5.75 Å². The first kappa shape index (κ1) is 24.6. The maximum atomic E-state index is 12.8. The summed E-state index contributed by atoms with van der Waals surface area (Å²) in [4.78, 5) is 12.8. The summed E-state index contributed by atoms with van der Waals surface area (Å²) in [6.45, 7) is 7.07. The number of thioether (sulfide) groups is 1. The summed E-state index contributed by atoms with van der Waals surface area (Å²) in [7, 11) is 0. The zero-order chi connectivity index (χ0) is 24.1. The van der Waals surface area contributed by atoms with Gasteiger partial charge in [0.05, 0.1) is 17.4 Å². The molecule has 34 heavy (non-hydrogen) atoms. The summed E-state index contributed by atoms with van der Waals surface area (Å²) in [6, 6.07) is 15.6. The van der Waals surface area contributed by atoms with Gasteiger partial charge in [0.2, 0.25) is 5.91 Å². The third-order valence-corrected chi connectivity index (χ3v) is 7.80. The van der Waals surface area contributed by atoms with Gasteiger partial charge in [-0.1, -0.05) is 62.2 Å². The highest BCUT2D eigenvalue weighted by atomic mass is 35.5. The molecule has 1 aromatic heterocycles. The highest BCUT2D eigenvalue weighted by Crippen LogP contribution is 2.33. The lowest BCUT2D eigenvalue weighted by atomic mass is 9.78. The number of carbonyl (C=O) groups is 1. The molecule has 1 aliphatic rings. The van der Waals surface area contributed by atoms with E-state index in [4.69, 9.17) is 16.3 Å². The average molecular weight is 499 g/mol. The van der Waals surface area contributed by atoms with E-state index < -0.39 is 0 Å². The molecule has 1 saturated carbocycles. The van der Waals surface area contributed by atoms with Crippen molar-refractivity contribution in [3.8, 4) is 22.8 Å². The van der Waals surface area contributed by atoms with Crippen LogP contribution in [0.4, 0.5) is 0 Å². The summed E-state index contributed by atoms with van der Waals surface area (Å²) in [5.74, 6) is 2.84. The van der Waals surface area contributed by atoms with E-state index in [0.717, 1.165) is 29.8 Å². The first-order valence-corrected chi connectivity index (χ1v) is 13.2. The number of rotatable bonds is 8. The zero-order valence-electron chi connectivity index (χ0n) is 19.8. The zero-order valence-corrected chi connectivity index (χ0v) is 21.4. The predicted molar refractivity (Wildman–Crippen MR) is 138 cm³/mol. The van der Waals surface area contributed by atoms with Gasteiger partial charge >= 0.3 is 0 Å². The van der Waals surface area contributed by atoms with E-state index in [2.05, 4.69) is 29.4 Å². The van der Waals surface area contributed by atoms with Gasteiger partial charge in [-0.2, -0.15) is 0 Å². The van der Waals surface area contributed by atoms with Gasteiger partial charge in [0, 0.05) is 17.3 Å². The number of nitrogens with zero attached hydrogens (tertiary/aromatic N) is 3. The van der Waals surface area contributed by atoms with Gasteiger partial charge in [-0.15, -0.1) is 10.2 Å². The third-order valence-electron chi connectivity index (χ3n) is 6.54. The molecule has 0 radical (unpaired) electrons. The van der Waals surface area contributed by atoms with Crippen molar-refractivity contribution in [2.45, 2.75) is 51.2 Å². The van der Waals surface area contributed by atoms with Crippen LogP contribution in [0.2, 0.25) is 5.02 Å². The van der Waals surface area contributed by atoms with E-state index >= 15 is 0 Å². The topological polar surface area (TPSA) is 69.0 Å². The molecule has 0 aliphatic heterocycles. The van der Waals surface area contributed by atoms with Crippen molar-refractivity contribution in [2.75, 3.05) is 12.4 Å². The van der Waals surface area contributed by atoms with Gasteiger partial charge in [0.15, 0.2) is 11.0 Å². The summed E-state index contributed by atoms with van der Waals surface area (Å²) in [6.07, 6.45) is 3.44. The van der Waals surface area contributed by atoms with Crippen LogP contribution in [0, 0.1) is 11.8 Å². The number of carbonyl (C=O) groups excluding carboxylic acids is 1. The van der Waals surface area contributed by atoms with E-state index in [1.165, 1.54) is 18.2 Å². The molecule has 0 bridgehead atoms. The number of ether oxygens (including phenoxy) is 1. The van der Waals surface area contributed by atoms with E-state index in [0.29, 0.717) is 34.4 Å². The van der Waals surface area contributed by atoms with Gasteiger partial charge in [-0.25, -0.2) is 0 Å². The smallest absolute Gasteiger partial charge is 0.230 e. The van der Waals surface area contributed by atoms with Crippen molar-refractivity contribution in [2.24, 2.45) is 11.8 Å².